The van der Waals surface area contributed by atoms with Crippen LogP contribution in [-0.2, 0) is 5.75 Å². The van der Waals surface area contributed by atoms with Gasteiger partial charge in [0.15, 0.2) is 0 Å². The lowest BCUT2D eigenvalue weighted by Gasteiger charge is -2.08. The quantitative estimate of drug-likeness (QED) is 0.574. The molecule has 0 radical (unpaired) electrons. The van der Waals surface area contributed by atoms with Gasteiger partial charge < -0.3 is 14.2 Å². The molecule has 26 heavy (non-hydrogen) atoms. The van der Waals surface area contributed by atoms with E-state index in [0.29, 0.717) is 0 Å². The predicted octanol–water partition coefficient (Wildman–Crippen LogP) is 4.46. The molecular weight excluding hydrogens is 348 g/mol. The van der Waals surface area contributed by atoms with E-state index in [1.807, 2.05) is 54.6 Å². The molecule has 0 aliphatic carbocycles. The first kappa shape index (κ1) is 18.1. The van der Waals surface area contributed by atoms with Gasteiger partial charge in [0.05, 0.1) is 27.0 Å². The van der Waals surface area contributed by atoms with Crippen molar-refractivity contribution in [2.75, 3.05) is 21.3 Å². The van der Waals surface area contributed by atoms with E-state index < -0.39 is 0 Å². The monoisotopic (exact) mass is 368 g/mol. The molecule has 3 aromatic rings. The van der Waals surface area contributed by atoms with E-state index in [4.69, 9.17) is 14.2 Å². The van der Waals surface area contributed by atoms with Gasteiger partial charge >= 0.3 is 0 Å². The number of aromatic nitrogens is 2. The zero-order valence-corrected chi connectivity index (χ0v) is 15.7. The molecule has 0 N–H and O–H groups in total. The van der Waals surface area contributed by atoms with E-state index in [0.717, 1.165) is 44.8 Å². The van der Waals surface area contributed by atoms with Crippen molar-refractivity contribution in [1.82, 2.24) is 10.2 Å². The minimum Gasteiger partial charge on any atom is -0.497 e. The average molecular weight is 368 g/mol. The number of ether oxygens (including phenoxy) is 3. The third kappa shape index (κ3) is 4.46. The fourth-order valence-electron chi connectivity index (χ4n) is 2.44. The number of benzene rings is 2. The van der Waals surface area contributed by atoms with Crippen LogP contribution in [0.5, 0.6) is 17.2 Å². The second-order valence-corrected chi connectivity index (χ2v) is 6.49. The van der Waals surface area contributed by atoms with Gasteiger partial charge in [-0.3, -0.25) is 0 Å². The van der Waals surface area contributed by atoms with Gasteiger partial charge in [0, 0.05) is 17.4 Å². The first-order valence-corrected chi connectivity index (χ1v) is 9.03. The molecule has 0 bridgehead atoms. The van der Waals surface area contributed by atoms with Gasteiger partial charge in [0.25, 0.3) is 0 Å². The van der Waals surface area contributed by atoms with Crippen LogP contribution in [0.15, 0.2) is 59.6 Å². The molecule has 0 saturated carbocycles. The van der Waals surface area contributed by atoms with Crippen LogP contribution in [0.4, 0.5) is 0 Å². The van der Waals surface area contributed by atoms with E-state index in [1.54, 1.807) is 33.1 Å². The lowest BCUT2D eigenvalue weighted by Crippen LogP contribution is -1.92. The highest BCUT2D eigenvalue weighted by atomic mass is 32.2. The largest absolute Gasteiger partial charge is 0.497 e. The molecule has 5 nitrogen and oxygen atoms in total. The maximum absolute atomic E-state index is 5.31. The standard InChI is InChI=1S/C20H20N2O3S/c1-23-16-6-4-5-15(11-16)19-7-8-20(22-21-19)26-13-14-9-17(24-2)12-18(10-14)25-3/h4-12H,13H2,1-3H3. The minimum absolute atomic E-state index is 0.751. The molecule has 0 atom stereocenters. The summed E-state index contributed by atoms with van der Waals surface area (Å²) in [5, 5.41) is 9.51. The fourth-order valence-corrected chi connectivity index (χ4v) is 3.18. The number of rotatable bonds is 7. The highest BCUT2D eigenvalue weighted by Gasteiger charge is 2.06. The molecule has 134 valence electrons. The summed E-state index contributed by atoms with van der Waals surface area (Å²) >= 11 is 1.61. The smallest absolute Gasteiger partial charge is 0.122 e. The van der Waals surface area contributed by atoms with Gasteiger partial charge in [-0.2, -0.15) is 0 Å². The van der Waals surface area contributed by atoms with Gasteiger partial charge in [-0.1, -0.05) is 23.9 Å². The van der Waals surface area contributed by atoms with Crippen molar-refractivity contribution in [1.29, 1.82) is 0 Å². The maximum Gasteiger partial charge on any atom is 0.122 e. The Morgan fingerprint density at radius 3 is 2.12 bits per heavy atom. The van der Waals surface area contributed by atoms with Crippen molar-refractivity contribution >= 4 is 11.8 Å². The summed E-state index contributed by atoms with van der Waals surface area (Å²) in [6, 6.07) is 17.6. The molecule has 0 unspecified atom stereocenters. The van der Waals surface area contributed by atoms with Crippen molar-refractivity contribution in [2.24, 2.45) is 0 Å². The minimum atomic E-state index is 0.751. The van der Waals surface area contributed by atoms with Crippen molar-refractivity contribution < 1.29 is 14.2 Å². The third-order valence-electron chi connectivity index (χ3n) is 3.80. The van der Waals surface area contributed by atoms with Crippen LogP contribution in [0.1, 0.15) is 5.56 Å². The Morgan fingerprint density at radius 1 is 0.769 bits per heavy atom. The van der Waals surface area contributed by atoms with Gasteiger partial charge in [-0.25, -0.2) is 0 Å². The average Bonchev–Trinajstić information content (AvgIpc) is 2.72. The molecule has 0 saturated heterocycles. The fraction of sp³-hybridized carbons (Fsp3) is 0.200. The lowest BCUT2D eigenvalue weighted by molar-refractivity contribution is 0.393. The zero-order valence-electron chi connectivity index (χ0n) is 14.9. The summed E-state index contributed by atoms with van der Waals surface area (Å²) in [5.41, 5.74) is 2.90. The summed E-state index contributed by atoms with van der Waals surface area (Å²) in [5.74, 6) is 3.11. The summed E-state index contributed by atoms with van der Waals surface area (Å²) < 4.78 is 15.9. The van der Waals surface area contributed by atoms with Crippen molar-refractivity contribution in [2.45, 2.75) is 10.8 Å². The van der Waals surface area contributed by atoms with Gasteiger partial charge in [0.1, 0.15) is 22.3 Å². The second kappa shape index (κ2) is 8.58. The summed E-state index contributed by atoms with van der Waals surface area (Å²) in [6.45, 7) is 0. The van der Waals surface area contributed by atoms with Crippen LogP contribution >= 0.6 is 11.8 Å². The van der Waals surface area contributed by atoms with Gasteiger partial charge in [-0.15, -0.1) is 10.2 Å². The van der Waals surface area contributed by atoms with E-state index >= 15 is 0 Å². The Labute approximate surface area is 157 Å². The molecule has 6 heteroatoms. The first-order valence-electron chi connectivity index (χ1n) is 8.04. The molecule has 0 spiro atoms. The van der Waals surface area contributed by atoms with E-state index in [-0.39, 0.29) is 0 Å². The predicted molar refractivity (Wildman–Crippen MR) is 103 cm³/mol. The zero-order chi connectivity index (χ0) is 18.4. The molecular formula is C20H20N2O3S. The Morgan fingerprint density at radius 2 is 1.50 bits per heavy atom. The molecule has 2 aromatic carbocycles. The van der Waals surface area contributed by atoms with Gasteiger partial charge in [-0.05, 0) is 42.0 Å². The van der Waals surface area contributed by atoms with Crippen LogP contribution in [0.3, 0.4) is 0 Å². The maximum atomic E-state index is 5.31. The van der Waals surface area contributed by atoms with Crippen molar-refractivity contribution in [3.63, 3.8) is 0 Å². The Hall–Kier alpha value is -2.73. The van der Waals surface area contributed by atoms with Crippen LogP contribution in [0.2, 0.25) is 0 Å². The van der Waals surface area contributed by atoms with Crippen LogP contribution in [-0.4, -0.2) is 31.5 Å². The highest BCUT2D eigenvalue weighted by Crippen LogP contribution is 2.28. The Bertz CT molecular complexity index is 847. The number of hydrogen-bond acceptors (Lipinski definition) is 6. The molecule has 0 amide bonds. The van der Waals surface area contributed by atoms with E-state index in [2.05, 4.69) is 10.2 Å². The lowest BCUT2D eigenvalue weighted by atomic mass is 10.1. The van der Waals surface area contributed by atoms with E-state index in [9.17, 15) is 0 Å². The molecule has 0 aliphatic heterocycles. The van der Waals surface area contributed by atoms with Gasteiger partial charge in [0.2, 0.25) is 0 Å². The summed E-state index contributed by atoms with van der Waals surface area (Å²) in [6.07, 6.45) is 0. The van der Waals surface area contributed by atoms with E-state index in [1.165, 1.54) is 0 Å². The topological polar surface area (TPSA) is 53.5 Å². The van der Waals surface area contributed by atoms with Crippen molar-refractivity contribution in [3.8, 4) is 28.5 Å². The Balaban J connectivity index is 1.70. The number of methoxy groups -OCH3 is 3. The van der Waals surface area contributed by atoms with Crippen LogP contribution in [0, 0.1) is 0 Å². The number of thioether (sulfide) groups is 1. The Kier molecular flexibility index (Phi) is 5.96. The van der Waals surface area contributed by atoms with Crippen molar-refractivity contribution in [3.05, 3.63) is 60.2 Å². The third-order valence-corrected chi connectivity index (χ3v) is 4.79. The van der Waals surface area contributed by atoms with Crippen LogP contribution < -0.4 is 14.2 Å². The molecule has 1 heterocycles. The second-order valence-electron chi connectivity index (χ2n) is 5.50. The number of hydrogen-bond donors (Lipinski definition) is 0. The summed E-state index contributed by atoms with van der Waals surface area (Å²) in [7, 11) is 4.95. The molecule has 0 aliphatic rings. The highest BCUT2D eigenvalue weighted by molar-refractivity contribution is 7.98. The first-order chi connectivity index (χ1) is 12.7. The summed E-state index contributed by atoms with van der Waals surface area (Å²) in [4.78, 5) is 0. The van der Waals surface area contributed by atoms with Crippen LogP contribution in [0.25, 0.3) is 11.3 Å². The number of nitrogens with zero attached hydrogens (tertiary/aromatic N) is 2. The molecule has 3 rings (SSSR count). The molecule has 0 fully saturated rings. The SMILES string of the molecule is COc1cc(CSc2ccc(-c3cccc(OC)c3)nn2)cc(OC)c1. The molecule has 1 aromatic heterocycles. The normalized spacial score (nSPS) is 10.4.